The molecule has 4 nitrogen and oxygen atoms in total. The molecule has 0 fully saturated rings. The van der Waals surface area contributed by atoms with E-state index in [9.17, 15) is 9.90 Å². The number of rotatable bonds is 7. The van der Waals surface area contributed by atoms with Gasteiger partial charge in [0.1, 0.15) is 5.75 Å². The maximum atomic E-state index is 11.4. The fourth-order valence-corrected chi connectivity index (χ4v) is 2.30. The summed E-state index contributed by atoms with van der Waals surface area (Å²) in [4.78, 5) is 11.4. The summed E-state index contributed by atoms with van der Waals surface area (Å²) in [7, 11) is 0. The van der Waals surface area contributed by atoms with Crippen LogP contribution in [0.25, 0.3) is 11.1 Å². The average molecular weight is 309 g/mol. The summed E-state index contributed by atoms with van der Waals surface area (Å²) >= 11 is 0. The van der Waals surface area contributed by atoms with Crippen molar-refractivity contribution in [2.75, 3.05) is 6.61 Å². The van der Waals surface area contributed by atoms with Crippen LogP contribution in [0.15, 0.2) is 42.5 Å². The van der Waals surface area contributed by atoms with Crippen molar-refractivity contribution in [2.45, 2.75) is 26.2 Å². The number of nitriles is 1. The van der Waals surface area contributed by atoms with Gasteiger partial charge in [-0.3, -0.25) is 0 Å². The molecule has 0 aromatic heterocycles. The van der Waals surface area contributed by atoms with E-state index in [0.29, 0.717) is 23.5 Å². The van der Waals surface area contributed by atoms with Crippen LogP contribution < -0.4 is 4.74 Å². The summed E-state index contributed by atoms with van der Waals surface area (Å²) in [6, 6.07) is 13.9. The zero-order valence-electron chi connectivity index (χ0n) is 13.1. The quantitative estimate of drug-likeness (QED) is 0.765. The van der Waals surface area contributed by atoms with E-state index in [1.54, 1.807) is 42.5 Å². The Bertz CT molecular complexity index is 714. The molecule has 2 rings (SSSR count). The fourth-order valence-electron chi connectivity index (χ4n) is 2.30. The molecule has 0 spiro atoms. The van der Waals surface area contributed by atoms with Crippen LogP contribution in [0.2, 0.25) is 0 Å². The van der Waals surface area contributed by atoms with Gasteiger partial charge in [-0.2, -0.15) is 5.26 Å². The van der Waals surface area contributed by atoms with Gasteiger partial charge in [0.15, 0.2) is 0 Å². The lowest BCUT2D eigenvalue weighted by Gasteiger charge is -2.11. The highest BCUT2D eigenvalue weighted by Crippen LogP contribution is 2.28. The van der Waals surface area contributed by atoms with E-state index in [2.05, 4.69) is 13.0 Å². The Morgan fingerprint density at radius 1 is 1.17 bits per heavy atom. The van der Waals surface area contributed by atoms with Gasteiger partial charge in [-0.15, -0.1) is 0 Å². The smallest absolute Gasteiger partial charge is 0.336 e. The number of benzene rings is 2. The molecule has 0 saturated carbocycles. The second-order valence-corrected chi connectivity index (χ2v) is 5.26. The topological polar surface area (TPSA) is 70.3 Å². The maximum absolute atomic E-state index is 11.4. The zero-order chi connectivity index (χ0) is 16.7. The third kappa shape index (κ3) is 4.33. The highest BCUT2D eigenvalue weighted by atomic mass is 16.5. The van der Waals surface area contributed by atoms with Crippen LogP contribution in [-0.4, -0.2) is 17.7 Å². The second kappa shape index (κ2) is 8.00. The van der Waals surface area contributed by atoms with Gasteiger partial charge >= 0.3 is 5.97 Å². The molecule has 0 unspecified atom stereocenters. The standard InChI is InChI=1S/C19H19NO3/c1-2-3-4-11-23-16-9-10-17(19(21)22)18(12-16)15-7-5-14(13-20)6-8-15/h5-10,12H,2-4,11H2,1H3,(H,21,22). The molecule has 23 heavy (non-hydrogen) atoms. The van der Waals surface area contributed by atoms with Gasteiger partial charge < -0.3 is 9.84 Å². The van der Waals surface area contributed by atoms with E-state index >= 15 is 0 Å². The molecule has 4 heteroatoms. The summed E-state index contributed by atoms with van der Waals surface area (Å²) in [5, 5.41) is 18.2. The predicted molar refractivity (Wildman–Crippen MR) is 88.6 cm³/mol. The monoisotopic (exact) mass is 309 g/mol. The van der Waals surface area contributed by atoms with Crippen molar-refractivity contribution in [3.8, 4) is 22.9 Å². The molecule has 0 aliphatic rings. The van der Waals surface area contributed by atoms with Crippen molar-refractivity contribution >= 4 is 5.97 Å². The van der Waals surface area contributed by atoms with Crippen LogP contribution in [0.1, 0.15) is 42.1 Å². The predicted octanol–water partition coefficient (Wildman–Crippen LogP) is 4.49. The first kappa shape index (κ1) is 16.6. The van der Waals surface area contributed by atoms with Crippen molar-refractivity contribution in [2.24, 2.45) is 0 Å². The van der Waals surface area contributed by atoms with Gasteiger partial charge in [0.05, 0.1) is 23.8 Å². The van der Waals surface area contributed by atoms with E-state index in [0.717, 1.165) is 24.8 Å². The second-order valence-electron chi connectivity index (χ2n) is 5.26. The van der Waals surface area contributed by atoms with Crippen LogP contribution in [0.4, 0.5) is 0 Å². The SMILES string of the molecule is CCCCCOc1ccc(C(=O)O)c(-c2ccc(C#N)cc2)c1. The lowest BCUT2D eigenvalue weighted by molar-refractivity contribution is 0.0697. The number of ether oxygens (including phenoxy) is 1. The number of hydrogen-bond donors (Lipinski definition) is 1. The molecule has 0 heterocycles. The van der Waals surface area contributed by atoms with E-state index in [1.165, 1.54) is 0 Å². The van der Waals surface area contributed by atoms with Crippen molar-refractivity contribution in [3.63, 3.8) is 0 Å². The first-order valence-corrected chi connectivity index (χ1v) is 7.66. The third-order valence-corrected chi connectivity index (χ3v) is 3.56. The van der Waals surface area contributed by atoms with E-state index < -0.39 is 5.97 Å². The average Bonchev–Trinajstić information content (AvgIpc) is 2.58. The minimum absolute atomic E-state index is 0.218. The third-order valence-electron chi connectivity index (χ3n) is 3.56. The molecule has 0 aliphatic carbocycles. The Labute approximate surface area is 136 Å². The Balaban J connectivity index is 2.30. The molecule has 2 aromatic carbocycles. The summed E-state index contributed by atoms with van der Waals surface area (Å²) < 4.78 is 5.70. The first-order chi connectivity index (χ1) is 11.2. The molecule has 0 radical (unpaired) electrons. The molecular formula is C19H19NO3. The fraction of sp³-hybridized carbons (Fsp3) is 0.263. The zero-order valence-corrected chi connectivity index (χ0v) is 13.1. The largest absolute Gasteiger partial charge is 0.494 e. The van der Waals surface area contributed by atoms with Gasteiger partial charge in [0.2, 0.25) is 0 Å². The minimum atomic E-state index is -0.984. The van der Waals surface area contributed by atoms with E-state index in [1.807, 2.05) is 0 Å². The number of carbonyl (C=O) groups is 1. The summed E-state index contributed by atoms with van der Waals surface area (Å²) in [5.41, 5.74) is 2.10. The van der Waals surface area contributed by atoms with Gasteiger partial charge in [-0.1, -0.05) is 31.9 Å². The Kier molecular flexibility index (Phi) is 5.76. The summed E-state index contributed by atoms with van der Waals surface area (Å²) in [6.45, 7) is 2.75. The van der Waals surface area contributed by atoms with Gasteiger partial charge in [-0.05, 0) is 47.9 Å². The maximum Gasteiger partial charge on any atom is 0.336 e. The summed E-state index contributed by atoms with van der Waals surface area (Å²) in [5.74, 6) is -0.327. The lowest BCUT2D eigenvalue weighted by Crippen LogP contribution is -2.02. The summed E-state index contributed by atoms with van der Waals surface area (Å²) in [6.07, 6.45) is 3.21. The molecule has 0 saturated heterocycles. The normalized spacial score (nSPS) is 10.1. The number of aromatic carboxylic acids is 1. The van der Waals surface area contributed by atoms with Crippen LogP contribution in [0.5, 0.6) is 5.75 Å². The number of hydrogen-bond acceptors (Lipinski definition) is 3. The van der Waals surface area contributed by atoms with E-state index in [4.69, 9.17) is 10.00 Å². The molecule has 1 N–H and O–H groups in total. The van der Waals surface area contributed by atoms with Crippen molar-refractivity contribution in [3.05, 3.63) is 53.6 Å². The molecular weight excluding hydrogens is 290 g/mol. The highest BCUT2D eigenvalue weighted by molar-refractivity contribution is 5.96. The molecule has 0 bridgehead atoms. The Hall–Kier alpha value is -2.80. The van der Waals surface area contributed by atoms with Crippen LogP contribution in [0.3, 0.4) is 0 Å². The number of carboxylic acid groups (broad SMARTS) is 1. The van der Waals surface area contributed by atoms with Crippen molar-refractivity contribution in [1.82, 2.24) is 0 Å². The Morgan fingerprint density at radius 3 is 2.52 bits per heavy atom. The lowest BCUT2D eigenvalue weighted by atomic mass is 9.98. The highest BCUT2D eigenvalue weighted by Gasteiger charge is 2.13. The molecule has 0 amide bonds. The molecule has 0 atom stereocenters. The molecule has 0 aliphatic heterocycles. The van der Waals surface area contributed by atoms with Gasteiger partial charge in [-0.25, -0.2) is 4.79 Å². The van der Waals surface area contributed by atoms with Crippen LogP contribution >= 0.6 is 0 Å². The minimum Gasteiger partial charge on any atom is -0.494 e. The van der Waals surface area contributed by atoms with Crippen LogP contribution in [-0.2, 0) is 0 Å². The first-order valence-electron chi connectivity index (χ1n) is 7.66. The number of nitrogens with zero attached hydrogens (tertiary/aromatic N) is 1. The van der Waals surface area contributed by atoms with Gasteiger partial charge in [0.25, 0.3) is 0 Å². The number of unbranched alkanes of at least 4 members (excludes halogenated alkanes) is 2. The Morgan fingerprint density at radius 2 is 1.91 bits per heavy atom. The van der Waals surface area contributed by atoms with Gasteiger partial charge in [0, 0.05) is 0 Å². The van der Waals surface area contributed by atoms with E-state index in [-0.39, 0.29) is 5.56 Å². The number of carboxylic acids is 1. The molecule has 118 valence electrons. The molecule has 2 aromatic rings. The van der Waals surface area contributed by atoms with Crippen molar-refractivity contribution in [1.29, 1.82) is 5.26 Å². The van der Waals surface area contributed by atoms with Crippen molar-refractivity contribution < 1.29 is 14.6 Å². The van der Waals surface area contributed by atoms with Crippen LogP contribution in [0, 0.1) is 11.3 Å².